The van der Waals surface area contributed by atoms with Crippen LogP contribution in [0.25, 0.3) is 0 Å². The van der Waals surface area contributed by atoms with Crippen LogP contribution in [0.3, 0.4) is 0 Å². The molecule has 0 spiro atoms. The van der Waals surface area contributed by atoms with Crippen molar-refractivity contribution in [3.8, 4) is 6.07 Å². The summed E-state index contributed by atoms with van der Waals surface area (Å²) in [6, 6.07) is 13.6. The van der Waals surface area contributed by atoms with Gasteiger partial charge in [-0.05, 0) is 61.6 Å². The van der Waals surface area contributed by atoms with E-state index in [1.54, 1.807) is 24.3 Å². The van der Waals surface area contributed by atoms with E-state index in [1.165, 1.54) is 36.5 Å². The number of cyclic esters (lactones) is 1. The Morgan fingerprint density at radius 1 is 1.14 bits per heavy atom. The van der Waals surface area contributed by atoms with Crippen LogP contribution in [-0.4, -0.2) is 41.3 Å². The highest BCUT2D eigenvalue weighted by Gasteiger charge is 2.46. The molecule has 2 aliphatic rings. The first kappa shape index (κ1) is 31.0. The number of hydrogen-bond donors (Lipinski definition) is 0. The molecule has 0 bridgehead atoms. The molecule has 0 unspecified atom stereocenters. The molecule has 8 nitrogen and oxygen atoms in total. The van der Waals surface area contributed by atoms with Crippen LogP contribution in [0, 0.1) is 23.1 Å². The van der Waals surface area contributed by atoms with Gasteiger partial charge in [0.2, 0.25) is 5.92 Å². The summed E-state index contributed by atoms with van der Waals surface area (Å²) in [5, 5.41) is 9.53. The zero-order chi connectivity index (χ0) is 31.4. The Hall–Kier alpha value is -4.43. The van der Waals surface area contributed by atoms with Gasteiger partial charge >= 0.3 is 6.09 Å². The molecule has 5 rings (SSSR count). The predicted octanol–water partition coefficient (Wildman–Crippen LogP) is 7.02. The average Bonchev–Trinajstić information content (AvgIpc) is 3.40. The summed E-state index contributed by atoms with van der Waals surface area (Å²) in [4.78, 5) is 47.7. The number of nitriles is 1. The molecule has 0 radical (unpaired) electrons. The maximum absolute atomic E-state index is 14.6. The first-order chi connectivity index (χ1) is 21.1. The second kappa shape index (κ2) is 13.1. The van der Waals surface area contributed by atoms with E-state index in [0.717, 1.165) is 15.9 Å². The fourth-order valence-corrected chi connectivity index (χ4v) is 5.93. The number of pyridine rings is 1. The number of Topliss-reactive ketones (excluding diaryl/α,β-unsaturated/α-hetero) is 1. The lowest BCUT2D eigenvalue weighted by Crippen LogP contribution is -2.51. The molecule has 3 aromatic rings. The highest BCUT2D eigenvalue weighted by molar-refractivity contribution is 6.31. The van der Waals surface area contributed by atoms with E-state index >= 15 is 0 Å². The molecule has 1 aliphatic heterocycles. The van der Waals surface area contributed by atoms with Gasteiger partial charge in [0.05, 0.1) is 11.6 Å². The highest BCUT2D eigenvalue weighted by atomic mass is 35.5. The third-order valence-electron chi connectivity index (χ3n) is 8.00. The number of halogens is 4. The van der Waals surface area contributed by atoms with Crippen LogP contribution in [0.5, 0.6) is 0 Å². The minimum Gasteiger partial charge on any atom is -0.446 e. The maximum atomic E-state index is 14.6. The molecule has 44 heavy (non-hydrogen) atoms. The van der Waals surface area contributed by atoms with Crippen LogP contribution in [-0.2, 0) is 14.3 Å². The molecule has 2 fully saturated rings. The molecule has 1 saturated heterocycles. The number of ketones is 1. The lowest BCUT2D eigenvalue weighted by molar-refractivity contribution is -0.126. The standard InChI is InChI=1S/C32H28ClF3N4O4/c33-25-7-2-1-6-24(25)29(27(41)9-8-20-10-13-32(35,36)14-11-20)39(23-5-3-4-22(34)17-23)30(42)26-19-44-31(43)40(26)28-16-21(18-37)12-15-38-28/h1-7,12,15-17,20,26,29H,8-11,13-14,19H2/t26-,29-/m0/s1. The fraction of sp³-hybridized carbons (Fsp3) is 0.344. The summed E-state index contributed by atoms with van der Waals surface area (Å²) in [5.74, 6) is -4.71. The topological polar surface area (TPSA) is 104 Å². The van der Waals surface area contributed by atoms with Gasteiger partial charge in [0.1, 0.15) is 24.3 Å². The zero-order valence-corrected chi connectivity index (χ0v) is 24.2. The number of anilines is 2. The van der Waals surface area contributed by atoms with Gasteiger partial charge in [-0.25, -0.2) is 27.8 Å². The number of ether oxygens (including phenoxy) is 1. The van der Waals surface area contributed by atoms with Crippen molar-refractivity contribution in [2.75, 3.05) is 16.4 Å². The summed E-state index contributed by atoms with van der Waals surface area (Å²) < 4.78 is 47.3. The maximum Gasteiger partial charge on any atom is 0.416 e. The third kappa shape index (κ3) is 6.70. The molecule has 1 aliphatic carbocycles. The van der Waals surface area contributed by atoms with Gasteiger partial charge in [-0.2, -0.15) is 5.26 Å². The van der Waals surface area contributed by atoms with E-state index in [1.807, 2.05) is 6.07 Å². The van der Waals surface area contributed by atoms with E-state index in [-0.39, 0.29) is 65.7 Å². The summed E-state index contributed by atoms with van der Waals surface area (Å²) in [7, 11) is 0. The Labute approximate surface area is 257 Å². The number of benzene rings is 2. The first-order valence-corrected chi connectivity index (χ1v) is 14.5. The molecule has 2 atom stereocenters. The van der Waals surface area contributed by atoms with Gasteiger partial charge in [0.25, 0.3) is 5.91 Å². The number of aromatic nitrogens is 1. The van der Waals surface area contributed by atoms with Crippen molar-refractivity contribution < 1.29 is 32.3 Å². The highest BCUT2D eigenvalue weighted by Crippen LogP contribution is 2.40. The molecular weight excluding hydrogens is 597 g/mol. The number of carbonyl (C=O) groups is 3. The molecule has 2 aromatic carbocycles. The van der Waals surface area contributed by atoms with E-state index in [9.17, 15) is 32.8 Å². The molecule has 228 valence electrons. The average molecular weight is 625 g/mol. The van der Waals surface area contributed by atoms with Crippen LogP contribution >= 0.6 is 11.6 Å². The lowest BCUT2D eigenvalue weighted by atomic mass is 9.82. The largest absolute Gasteiger partial charge is 0.446 e. The summed E-state index contributed by atoms with van der Waals surface area (Å²) in [5.41, 5.74) is 0.490. The second-order valence-corrected chi connectivity index (χ2v) is 11.3. The Kier molecular flexibility index (Phi) is 9.20. The second-order valence-electron chi connectivity index (χ2n) is 10.9. The van der Waals surface area contributed by atoms with Crippen molar-refractivity contribution in [3.05, 3.63) is 88.8 Å². The molecule has 2 heterocycles. The number of rotatable bonds is 9. The van der Waals surface area contributed by atoms with Crippen LogP contribution in [0.2, 0.25) is 5.02 Å². The normalized spacial score (nSPS) is 18.8. The van der Waals surface area contributed by atoms with Gasteiger partial charge in [0, 0.05) is 41.7 Å². The molecule has 1 aromatic heterocycles. The Morgan fingerprint density at radius 3 is 2.59 bits per heavy atom. The zero-order valence-electron chi connectivity index (χ0n) is 23.5. The summed E-state index contributed by atoms with van der Waals surface area (Å²) in [6.45, 7) is -0.401. The number of hydrogen-bond acceptors (Lipinski definition) is 6. The van der Waals surface area contributed by atoms with Crippen LogP contribution in [0.1, 0.15) is 55.7 Å². The van der Waals surface area contributed by atoms with E-state index < -0.39 is 48.2 Å². The number of alkyl halides is 2. The van der Waals surface area contributed by atoms with Crippen molar-refractivity contribution >= 4 is 40.9 Å². The van der Waals surface area contributed by atoms with Crippen molar-refractivity contribution in [2.24, 2.45) is 5.92 Å². The van der Waals surface area contributed by atoms with Crippen LogP contribution in [0.4, 0.5) is 29.5 Å². The monoisotopic (exact) mass is 624 g/mol. The van der Waals surface area contributed by atoms with Crippen LogP contribution in [0.15, 0.2) is 66.9 Å². The molecule has 12 heteroatoms. The Morgan fingerprint density at radius 2 is 1.89 bits per heavy atom. The van der Waals surface area contributed by atoms with Gasteiger partial charge in [-0.3, -0.25) is 14.5 Å². The summed E-state index contributed by atoms with van der Waals surface area (Å²) in [6.07, 6.45) is 0.733. The van der Waals surface area contributed by atoms with E-state index in [4.69, 9.17) is 16.3 Å². The fourth-order valence-electron chi connectivity index (χ4n) is 5.69. The quantitative estimate of drug-likeness (QED) is 0.253. The van der Waals surface area contributed by atoms with Crippen molar-refractivity contribution in [1.82, 2.24) is 4.98 Å². The number of amides is 2. The Bertz CT molecular complexity index is 1600. The van der Waals surface area contributed by atoms with Gasteiger partial charge in [-0.1, -0.05) is 35.9 Å². The van der Waals surface area contributed by atoms with Crippen molar-refractivity contribution in [1.29, 1.82) is 5.26 Å². The minimum absolute atomic E-state index is 0.0150. The number of carbonyl (C=O) groups excluding carboxylic acids is 3. The van der Waals surface area contributed by atoms with Crippen molar-refractivity contribution in [2.45, 2.75) is 56.5 Å². The van der Waals surface area contributed by atoms with Crippen LogP contribution < -0.4 is 9.80 Å². The first-order valence-electron chi connectivity index (χ1n) is 14.1. The number of nitrogens with zero attached hydrogens (tertiary/aromatic N) is 4. The Balaban J connectivity index is 1.55. The molecule has 2 amide bonds. The lowest BCUT2D eigenvalue weighted by Gasteiger charge is -2.35. The van der Waals surface area contributed by atoms with E-state index in [2.05, 4.69) is 4.98 Å². The van der Waals surface area contributed by atoms with Gasteiger partial charge in [0.15, 0.2) is 11.8 Å². The van der Waals surface area contributed by atoms with Gasteiger partial charge < -0.3 is 4.74 Å². The van der Waals surface area contributed by atoms with Crippen molar-refractivity contribution in [3.63, 3.8) is 0 Å². The minimum atomic E-state index is -2.71. The summed E-state index contributed by atoms with van der Waals surface area (Å²) >= 11 is 6.57. The molecule has 1 saturated carbocycles. The smallest absolute Gasteiger partial charge is 0.416 e. The molecular formula is C32H28ClF3N4O4. The SMILES string of the molecule is N#Cc1ccnc(N2C(=O)OC[C@H]2C(=O)N(c2cccc(F)c2)[C@H](C(=O)CCC2CCC(F)(F)CC2)c2ccccc2Cl)c1. The third-order valence-corrected chi connectivity index (χ3v) is 8.35. The van der Waals surface area contributed by atoms with Gasteiger partial charge in [-0.15, -0.1) is 0 Å². The van der Waals surface area contributed by atoms with E-state index in [0.29, 0.717) is 6.42 Å². The predicted molar refractivity (Wildman–Crippen MR) is 156 cm³/mol. The molecule has 0 N–H and O–H groups in total.